The summed E-state index contributed by atoms with van der Waals surface area (Å²) in [5, 5.41) is 19.9. The average Bonchev–Trinajstić information content (AvgIpc) is 2.75. The minimum absolute atomic E-state index is 0.0673. The van der Waals surface area contributed by atoms with E-state index in [2.05, 4.69) is 0 Å². The summed E-state index contributed by atoms with van der Waals surface area (Å²) >= 11 is 0. The van der Waals surface area contributed by atoms with Gasteiger partial charge in [-0.2, -0.15) is 0 Å². The second-order valence-corrected chi connectivity index (χ2v) is 6.29. The van der Waals surface area contributed by atoms with Crippen LogP contribution < -0.4 is 0 Å². The zero-order valence-corrected chi connectivity index (χ0v) is 13.7. The molecular formula is C17H24O6. The monoisotopic (exact) mass is 324 g/mol. The number of esters is 2. The van der Waals surface area contributed by atoms with Crippen LogP contribution in [0.5, 0.6) is 0 Å². The quantitative estimate of drug-likeness (QED) is 0.584. The van der Waals surface area contributed by atoms with Crippen LogP contribution in [-0.2, 0) is 19.1 Å². The molecule has 1 heterocycles. The molecule has 2 rings (SSSR count). The fourth-order valence-electron chi connectivity index (χ4n) is 3.08. The first kappa shape index (κ1) is 17.7. The maximum absolute atomic E-state index is 11.9. The van der Waals surface area contributed by atoms with E-state index in [1.807, 2.05) is 13.0 Å². The zero-order valence-electron chi connectivity index (χ0n) is 13.7. The normalized spacial score (nSPS) is 39.3. The molecule has 5 atom stereocenters. The van der Waals surface area contributed by atoms with Gasteiger partial charge in [0.05, 0.1) is 18.6 Å². The van der Waals surface area contributed by atoms with Crippen molar-refractivity contribution in [2.75, 3.05) is 6.61 Å². The number of fused-ring (bicyclic) bond motifs is 1. The number of allylic oxidation sites excluding steroid dienone is 1. The minimum atomic E-state index is -0.779. The summed E-state index contributed by atoms with van der Waals surface area (Å²) in [7, 11) is 0. The van der Waals surface area contributed by atoms with Crippen molar-refractivity contribution in [2.45, 2.75) is 51.9 Å². The molecule has 128 valence electrons. The molecule has 0 amide bonds. The van der Waals surface area contributed by atoms with Gasteiger partial charge >= 0.3 is 11.9 Å². The molecule has 0 aromatic carbocycles. The maximum Gasteiger partial charge on any atom is 0.309 e. The van der Waals surface area contributed by atoms with Crippen LogP contribution in [-0.4, -0.2) is 47.1 Å². The fourth-order valence-corrected chi connectivity index (χ4v) is 3.08. The lowest BCUT2D eigenvalue weighted by Crippen LogP contribution is -2.29. The molecule has 6 nitrogen and oxygen atoms in total. The number of ether oxygens (including phenoxy) is 2. The Hall–Kier alpha value is -1.66. The number of rotatable bonds is 2. The van der Waals surface area contributed by atoms with Gasteiger partial charge < -0.3 is 19.7 Å². The molecule has 1 fully saturated rings. The molecule has 0 radical (unpaired) electrons. The van der Waals surface area contributed by atoms with E-state index < -0.39 is 24.3 Å². The van der Waals surface area contributed by atoms with E-state index in [0.29, 0.717) is 12.0 Å². The number of hydrogen-bond donors (Lipinski definition) is 2. The van der Waals surface area contributed by atoms with E-state index in [1.165, 1.54) is 6.92 Å². The standard InChI is InChI=1S/C17H24O6/c1-9-4-5-13-10(2)17(21)23-16(13)6-12(8-18)15(7-14(9)20)22-11(3)19/h4,6,10,13-16,18,20H,5,7-8H2,1-3H3/b9-4-,12-6-/t10?,13-,14-,15?,16-/m0/s1. The van der Waals surface area contributed by atoms with E-state index in [4.69, 9.17) is 9.47 Å². The minimum Gasteiger partial charge on any atom is -0.458 e. The lowest BCUT2D eigenvalue weighted by atomic mass is 9.85. The Morgan fingerprint density at radius 1 is 1.48 bits per heavy atom. The van der Waals surface area contributed by atoms with Crippen LogP contribution in [0.3, 0.4) is 0 Å². The number of carbonyl (C=O) groups excluding carboxylic acids is 2. The first-order valence-electron chi connectivity index (χ1n) is 7.87. The average molecular weight is 324 g/mol. The highest BCUT2D eigenvalue weighted by molar-refractivity contribution is 5.75. The number of hydrogen-bond acceptors (Lipinski definition) is 6. The van der Waals surface area contributed by atoms with Crippen LogP contribution in [0, 0.1) is 11.8 Å². The highest BCUT2D eigenvalue weighted by Crippen LogP contribution is 2.34. The van der Waals surface area contributed by atoms with Crippen LogP contribution in [0.2, 0.25) is 0 Å². The van der Waals surface area contributed by atoms with Gasteiger partial charge in [-0.1, -0.05) is 13.0 Å². The second kappa shape index (κ2) is 7.27. The summed E-state index contributed by atoms with van der Waals surface area (Å²) in [6.07, 6.45) is 2.35. The second-order valence-electron chi connectivity index (χ2n) is 6.29. The Kier molecular flexibility index (Phi) is 5.59. The van der Waals surface area contributed by atoms with Gasteiger partial charge in [-0.25, -0.2) is 0 Å². The molecule has 1 saturated heterocycles. The molecule has 0 aromatic rings. The van der Waals surface area contributed by atoms with Crippen molar-refractivity contribution in [3.8, 4) is 0 Å². The number of carbonyl (C=O) groups is 2. The van der Waals surface area contributed by atoms with Crippen LogP contribution in [0.15, 0.2) is 23.3 Å². The van der Waals surface area contributed by atoms with Gasteiger partial charge in [-0.15, -0.1) is 0 Å². The van der Waals surface area contributed by atoms with Crippen LogP contribution in [0.25, 0.3) is 0 Å². The van der Waals surface area contributed by atoms with Crippen molar-refractivity contribution in [3.05, 3.63) is 23.3 Å². The molecule has 6 heteroatoms. The largest absolute Gasteiger partial charge is 0.458 e. The van der Waals surface area contributed by atoms with E-state index in [-0.39, 0.29) is 30.8 Å². The summed E-state index contributed by atoms with van der Waals surface area (Å²) in [6, 6.07) is 0. The molecular weight excluding hydrogens is 300 g/mol. The van der Waals surface area contributed by atoms with Gasteiger partial charge in [0.25, 0.3) is 0 Å². The van der Waals surface area contributed by atoms with Gasteiger partial charge in [0.15, 0.2) is 0 Å². The first-order chi connectivity index (χ1) is 10.8. The Labute approximate surface area is 135 Å². The lowest BCUT2D eigenvalue weighted by Gasteiger charge is -2.26. The molecule has 23 heavy (non-hydrogen) atoms. The van der Waals surface area contributed by atoms with Gasteiger partial charge in [0.1, 0.15) is 12.2 Å². The fraction of sp³-hybridized carbons (Fsp3) is 0.647. The Morgan fingerprint density at radius 3 is 2.78 bits per heavy atom. The smallest absolute Gasteiger partial charge is 0.309 e. The Bertz CT molecular complexity index is 535. The van der Waals surface area contributed by atoms with Crippen molar-refractivity contribution in [1.82, 2.24) is 0 Å². The maximum atomic E-state index is 11.9. The highest BCUT2D eigenvalue weighted by atomic mass is 16.6. The molecule has 0 aromatic heterocycles. The molecule has 0 spiro atoms. The number of aliphatic hydroxyl groups is 2. The molecule has 0 bridgehead atoms. The third kappa shape index (κ3) is 4.00. The molecule has 0 saturated carbocycles. The third-order valence-corrected chi connectivity index (χ3v) is 4.65. The highest BCUT2D eigenvalue weighted by Gasteiger charge is 2.41. The van der Waals surface area contributed by atoms with Crippen molar-refractivity contribution >= 4 is 11.9 Å². The predicted molar refractivity (Wildman–Crippen MR) is 82.3 cm³/mol. The van der Waals surface area contributed by atoms with Gasteiger partial charge in [-0.05, 0) is 30.6 Å². The van der Waals surface area contributed by atoms with Crippen LogP contribution in [0.4, 0.5) is 0 Å². The van der Waals surface area contributed by atoms with Gasteiger partial charge in [0, 0.05) is 19.3 Å². The molecule has 2 N–H and O–H groups in total. The summed E-state index contributed by atoms with van der Waals surface area (Å²) < 4.78 is 10.7. The third-order valence-electron chi connectivity index (χ3n) is 4.65. The Morgan fingerprint density at radius 2 is 2.17 bits per heavy atom. The molecule has 2 unspecified atom stereocenters. The summed E-state index contributed by atoms with van der Waals surface area (Å²) in [5.74, 6) is -1.09. The predicted octanol–water partition coefficient (Wildman–Crippen LogP) is 1.12. The first-order valence-corrected chi connectivity index (χ1v) is 7.87. The molecule has 1 aliphatic heterocycles. The van der Waals surface area contributed by atoms with Crippen molar-refractivity contribution in [2.24, 2.45) is 11.8 Å². The summed E-state index contributed by atoms with van der Waals surface area (Å²) in [5.41, 5.74) is 1.21. The SMILES string of the molecule is CC(=O)OC1C[C@H](O)/C(C)=C\C[C@H]2C(C)C(=O)O[C@H]2/C=C\1CO. The van der Waals surface area contributed by atoms with Crippen LogP contribution in [0.1, 0.15) is 33.6 Å². The Balaban J connectivity index is 2.40. The molecule has 1 aliphatic carbocycles. The van der Waals surface area contributed by atoms with Gasteiger partial charge in [0.2, 0.25) is 0 Å². The van der Waals surface area contributed by atoms with E-state index in [9.17, 15) is 19.8 Å². The van der Waals surface area contributed by atoms with E-state index in [0.717, 1.165) is 5.57 Å². The van der Waals surface area contributed by atoms with E-state index in [1.54, 1.807) is 13.0 Å². The molecule has 2 aliphatic rings. The van der Waals surface area contributed by atoms with Crippen molar-refractivity contribution in [3.63, 3.8) is 0 Å². The van der Waals surface area contributed by atoms with Crippen molar-refractivity contribution < 1.29 is 29.3 Å². The summed E-state index contributed by atoms with van der Waals surface area (Å²) in [6.45, 7) is 4.57. The topological polar surface area (TPSA) is 93.1 Å². The van der Waals surface area contributed by atoms with Gasteiger partial charge in [-0.3, -0.25) is 9.59 Å². The van der Waals surface area contributed by atoms with Crippen molar-refractivity contribution in [1.29, 1.82) is 0 Å². The summed E-state index contributed by atoms with van der Waals surface area (Å²) in [4.78, 5) is 23.2. The zero-order chi connectivity index (χ0) is 17.1. The number of aliphatic hydroxyl groups excluding tert-OH is 2. The van der Waals surface area contributed by atoms with E-state index >= 15 is 0 Å². The van der Waals surface area contributed by atoms with Crippen LogP contribution >= 0.6 is 0 Å². The lowest BCUT2D eigenvalue weighted by molar-refractivity contribution is -0.146.